The fourth-order valence-corrected chi connectivity index (χ4v) is 1.85. The van der Waals surface area contributed by atoms with Gasteiger partial charge in [0.15, 0.2) is 0 Å². The van der Waals surface area contributed by atoms with Crippen molar-refractivity contribution in [1.29, 1.82) is 0 Å². The van der Waals surface area contributed by atoms with Gasteiger partial charge in [-0.3, -0.25) is 4.79 Å². The van der Waals surface area contributed by atoms with E-state index in [1.165, 1.54) is 0 Å². The molecule has 0 spiro atoms. The molecule has 3 nitrogen and oxygen atoms in total. The average molecular weight is 294 g/mol. The van der Waals surface area contributed by atoms with E-state index in [0.717, 1.165) is 0 Å². The lowest BCUT2D eigenvalue weighted by Crippen LogP contribution is -2.16. The Morgan fingerprint density at radius 3 is 2.87 bits per heavy atom. The maximum Gasteiger partial charge on any atom is 0.307 e. The molecule has 0 aliphatic rings. The van der Waals surface area contributed by atoms with Crippen molar-refractivity contribution in [2.45, 2.75) is 19.4 Å². The third kappa shape index (κ3) is 4.10. The van der Waals surface area contributed by atoms with Crippen LogP contribution in [-0.2, 0) is 4.79 Å². The number of carboxylic acid groups (broad SMARTS) is 1. The van der Waals surface area contributed by atoms with Gasteiger partial charge in [-0.1, -0.05) is 11.6 Å². The lowest BCUT2D eigenvalue weighted by Gasteiger charge is -2.13. The van der Waals surface area contributed by atoms with E-state index in [0.29, 0.717) is 15.2 Å². The summed E-state index contributed by atoms with van der Waals surface area (Å²) >= 11 is 9.04. The Balaban J connectivity index is 2.68. The molecule has 0 aliphatic carbocycles. The summed E-state index contributed by atoms with van der Waals surface area (Å²) in [6.45, 7) is 1.70. The highest BCUT2D eigenvalue weighted by molar-refractivity contribution is 9.10. The molecule has 5 heteroatoms. The summed E-state index contributed by atoms with van der Waals surface area (Å²) in [6.07, 6.45) is -0.408. The highest BCUT2D eigenvalue weighted by Gasteiger charge is 2.11. The van der Waals surface area contributed by atoms with Gasteiger partial charge in [0.05, 0.1) is 10.9 Å². The lowest BCUT2D eigenvalue weighted by molar-refractivity contribution is -0.138. The van der Waals surface area contributed by atoms with Gasteiger partial charge in [-0.25, -0.2) is 0 Å². The van der Waals surface area contributed by atoms with E-state index in [9.17, 15) is 4.79 Å². The molecule has 0 aromatic heterocycles. The van der Waals surface area contributed by atoms with Crippen molar-refractivity contribution in [2.75, 3.05) is 0 Å². The lowest BCUT2D eigenvalue weighted by atomic mass is 10.3. The molecule has 1 aromatic carbocycles. The molecule has 0 unspecified atom stereocenters. The topological polar surface area (TPSA) is 46.5 Å². The zero-order valence-electron chi connectivity index (χ0n) is 8.04. The van der Waals surface area contributed by atoms with E-state index in [4.69, 9.17) is 21.4 Å². The zero-order chi connectivity index (χ0) is 11.4. The molecule has 1 N–H and O–H groups in total. The van der Waals surface area contributed by atoms with E-state index in [-0.39, 0.29) is 12.5 Å². The quantitative estimate of drug-likeness (QED) is 0.926. The maximum absolute atomic E-state index is 10.4. The SMILES string of the molecule is C[C@@H](CC(=O)O)Oc1ccc(Cl)cc1Br. The summed E-state index contributed by atoms with van der Waals surface area (Å²) in [5, 5.41) is 9.16. The first-order valence-corrected chi connectivity index (χ1v) is 5.49. The predicted octanol–water partition coefficient (Wildman–Crippen LogP) is 3.34. The summed E-state index contributed by atoms with van der Waals surface area (Å²) in [4.78, 5) is 10.4. The molecule has 0 heterocycles. The zero-order valence-corrected chi connectivity index (χ0v) is 10.4. The Morgan fingerprint density at radius 1 is 1.67 bits per heavy atom. The molecule has 0 aliphatic heterocycles. The first-order chi connectivity index (χ1) is 6.99. The molecule has 15 heavy (non-hydrogen) atoms. The molecule has 1 rings (SSSR count). The fraction of sp³-hybridized carbons (Fsp3) is 0.300. The molecule has 0 saturated heterocycles. The number of hydrogen-bond donors (Lipinski definition) is 1. The van der Waals surface area contributed by atoms with Crippen molar-refractivity contribution >= 4 is 33.5 Å². The van der Waals surface area contributed by atoms with Crippen LogP contribution >= 0.6 is 27.5 Å². The Hall–Kier alpha value is -0.740. The largest absolute Gasteiger partial charge is 0.489 e. The predicted molar refractivity (Wildman–Crippen MR) is 61.5 cm³/mol. The van der Waals surface area contributed by atoms with Gasteiger partial charge in [0, 0.05) is 5.02 Å². The summed E-state index contributed by atoms with van der Waals surface area (Å²) in [5.74, 6) is -0.291. The van der Waals surface area contributed by atoms with Crippen LogP contribution in [0.25, 0.3) is 0 Å². The summed E-state index contributed by atoms with van der Waals surface area (Å²) in [6, 6.07) is 5.09. The number of rotatable bonds is 4. The summed E-state index contributed by atoms with van der Waals surface area (Å²) in [5.41, 5.74) is 0. The molecular formula is C10H10BrClO3. The van der Waals surface area contributed by atoms with Crippen LogP contribution < -0.4 is 4.74 Å². The first-order valence-electron chi connectivity index (χ1n) is 4.32. The molecule has 0 saturated carbocycles. The van der Waals surface area contributed by atoms with Crippen LogP contribution in [0, 0.1) is 0 Å². The van der Waals surface area contributed by atoms with Crippen LogP contribution in [0.3, 0.4) is 0 Å². The van der Waals surface area contributed by atoms with E-state index < -0.39 is 5.97 Å². The van der Waals surface area contributed by atoms with Gasteiger partial charge in [-0.2, -0.15) is 0 Å². The van der Waals surface area contributed by atoms with Gasteiger partial charge in [-0.15, -0.1) is 0 Å². The van der Waals surface area contributed by atoms with Gasteiger partial charge < -0.3 is 9.84 Å². The first kappa shape index (κ1) is 12.3. The highest BCUT2D eigenvalue weighted by Crippen LogP contribution is 2.28. The van der Waals surface area contributed by atoms with Gasteiger partial charge in [-0.05, 0) is 41.1 Å². The van der Waals surface area contributed by atoms with Crippen molar-refractivity contribution in [1.82, 2.24) is 0 Å². The Kier molecular flexibility index (Phi) is 4.42. The number of carbonyl (C=O) groups is 1. The standard InChI is InChI=1S/C10H10BrClO3/c1-6(4-10(13)14)15-9-3-2-7(12)5-8(9)11/h2-3,5-6H,4H2,1H3,(H,13,14)/t6-/m0/s1. The Labute approximate surface area is 101 Å². The molecule has 0 fully saturated rings. The minimum absolute atomic E-state index is 0.0327. The third-order valence-electron chi connectivity index (χ3n) is 1.68. The Bertz CT molecular complexity index is 368. The van der Waals surface area contributed by atoms with Crippen LogP contribution in [0.2, 0.25) is 5.02 Å². The van der Waals surface area contributed by atoms with Gasteiger partial charge >= 0.3 is 5.97 Å². The number of halogens is 2. The van der Waals surface area contributed by atoms with Crippen LogP contribution in [0.4, 0.5) is 0 Å². The summed E-state index contributed by atoms with van der Waals surface area (Å²) in [7, 11) is 0. The average Bonchev–Trinajstić information content (AvgIpc) is 2.08. The van der Waals surface area contributed by atoms with Crippen molar-refractivity contribution in [2.24, 2.45) is 0 Å². The number of hydrogen-bond acceptors (Lipinski definition) is 2. The molecule has 82 valence electrons. The van der Waals surface area contributed by atoms with Crippen LogP contribution in [0.15, 0.2) is 22.7 Å². The number of carboxylic acids is 1. The molecule has 1 aromatic rings. The molecule has 0 bridgehead atoms. The second-order valence-electron chi connectivity index (χ2n) is 3.10. The second kappa shape index (κ2) is 5.37. The van der Waals surface area contributed by atoms with Crippen LogP contribution in [-0.4, -0.2) is 17.2 Å². The molecular weight excluding hydrogens is 283 g/mol. The fourth-order valence-electron chi connectivity index (χ4n) is 1.08. The van der Waals surface area contributed by atoms with Crippen LogP contribution in [0.5, 0.6) is 5.75 Å². The maximum atomic E-state index is 10.4. The molecule has 1 atom stereocenters. The summed E-state index contributed by atoms with van der Waals surface area (Å²) < 4.78 is 6.14. The van der Waals surface area contributed by atoms with E-state index in [2.05, 4.69) is 15.9 Å². The van der Waals surface area contributed by atoms with E-state index in [1.807, 2.05) is 0 Å². The van der Waals surface area contributed by atoms with E-state index >= 15 is 0 Å². The van der Waals surface area contributed by atoms with Crippen molar-refractivity contribution in [3.05, 3.63) is 27.7 Å². The van der Waals surface area contributed by atoms with Crippen molar-refractivity contribution in [3.63, 3.8) is 0 Å². The second-order valence-corrected chi connectivity index (χ2v) is 4.39. The van der Waals surface area contributed by atoms with Gasteiger partial charge in [0.25, 0.3) is 0 Å². The smallest absolute Gasteiger partial charge is 0.307 e. The number of benzene rings is 1. The molecule has 0 radical (unpaired) electrons. The highest BCUT2D eigenvalue weighted by atomic mass is 79.9. The van der Waals surface area contributed by atoms with Crippen molar-refractivity contribution in [3.8, 4) is 5.75 Å². The van der Waals surface area contributed by atoms with E-state index in [1.54, 1.807) is 25.1 Å². The number of ether oxygens (including phenoxy) is 1. The number of aliphatic carboxylic acids is 1. The minimum atomic E-state index is -0.882. The monoisotopic (exact) mass is 292 g/mol. The van der Waals surface area contributed by atoms with Crippen LogP contribution in [0.1, 0.15) is 13.3 Å². The molecule has 0 amide bonds. The van der Waals surface area contributed by atoms with Gasteiger partial charge in [0.2, 0.25) is 0 Å². The minimum Gasteiger partial charge on any atom is -0.489 e. The Morgan fingerprint density at radius 2 is 2.33 bits per heavy atom. The van der Waals surface area contributed by atoms with Crippen molar-refractivity contribution < 1.29 is 14.6 Å². The van der Waals surface area contributed by atoms with Gasteiger partial charge in [0.1, 0.15) is 11.9 Å². The normalized spacial score (nSPS) is 12.2. The third-order valence-corrected chi connectivity index (χ3v) is 2.54.